The molecule has 0 heterocycles. The van der Waals surface area contributed by atoms with Crippen LogP contribution in [0.15, 0.2) is 48.5 Å². The summed E-state index contributed by atoms with van der Waals surface area (Å²) in [4.78, 5) is 0. The van der Waals surface area contributed by atoms with E-state index in [1.807, 2.05) is 0 Å². The largest absolute Gasteiger partial charge is 0.311 e. The predicted octanol–water partition coefficient (Wildman–Crippen LogP) is 3.61. The monoisotopic (exact) mass is 223 g/mol. The van der Waals surface area contributed by atoms with Crippen LogP contribution in [0.1, 0.15) is 18.4 Å². The minimum Gasteiger partial charge on any atom is -0.311 e. The summed E-state index contributed by atoms with van der Waals surface area (Å²) < 4.78 is 0. The summed E-state index contributed by atoms with van der Waals surface area (Å²) in [5, 5.41) is 6.13. The van der Waals surface area contributed by atoms with Gasteiger partial charge in [0.25, 0.3) is 0 Å². The van der Waals surface area contributed by atoms with Crippen LogP contribution < -0.4 is 5.32 Å². The van der Waals surface area contributed by atoms with Crippen LogP contribution in [0.4, 0.5) is 0 Å². The van der Waals surface area contributed by atoms with Gasteiger partial charge in [-0.05, 0) is 29.2 Å². The molecule has 0 amide bonds. The van der Waals surface area contributed by atoms with Crippen molar-refractivity contribution < 1.29 is 0 Å². The summed E-state index contributed by atoms with van der Waals surface area (Å²) >= 11 is 0. The Hall–Kier alpha value is -1.60. The fourth-order valence-corrected chi connectivity index (χ4v) is 2.10. The van der Waals surface area contributed by atoms with Crippen molar-refractivity contribution in [2.45, 2.75) is 18.9 Å². The highest BCUT2D eigenvalue weighted by Gasteiger charge is 2.18. The third-order valence-electron chi connectivity index (χ3n) is 3.22. The Morgan fingerprint density at radius 1 is 1.06 bits per heavy atom. The second kappa shape index (κ2) is 4.72. The van der Waals surface area contributed by atoms with Crippen molar-refractivity contribution in [1.82, 2.24) is 5.32 Å². The van der Waals surface area contributed by atoms with Crippen molar-refractivity contribution in [3.05, 3.63) is 54.1 Å². The average Bonchev–Trinajstić information content (AvgIpc) is 3.19. The van der Waals surface area contributed by atoms with E-state index < -0.39 is 0 Å². The first-order chi connectivity index (χ1) is 8.43. The van der Waals surface area contributed by atoms with Gasteiger partial charge >= 0.3 is 0 Å². The molecule has 1 heteroatoms. The Bertz CT molecular complexity index is 533. The van der Waals surface area contributed by atoms with E-state index in [2.05, 4.69) is 59.9 Å². The molecule has 1 N–H and O–H groups in total. The van der Waals surface area contributed by atoms with Crippen LogP contribution in [0, 0.1) is 0 Å². The van der Waals surface area contributed by atoms with E-state index in [0.29, 0.717) is 0 Å². The molecule has 2 aromatic rings. The van der Waals surface area contributed by atoms with E-state index in [1.165, 1.54) is 29.2 Å². The molecular formula is C16H17N. The molecule has 86 valence electrons. The topological polar surface area (TPSA) is 12.0 Å². The van der Waals surface area contributed by atoms with E-state index in [0.717, 1.165) is 12.6 Å². The third kappa shape index (κ3) is 2.56. The second-order valence-corrected chi connectivity index (χ2v) is 4.65. The molecule has 17 heavy (non-hydrogen) atoms. The Morgan fingerprint density at radius 2 is 1.88 bits per heavy atom. The summed E-state index contributed by atoms with van der Waals surface area (Å²) in [7, 11) is 0. The Balaban J connectivity index is 1.78. The molecule has 0 atom stereocenters. The highest BCUT2D eigenvalue weighted by atomic mass is 14.9. The molecule has 0 aromatic heterocycles. The number of nitrogens with one attached hydrogen (secondary N) is 1. The van der Waals surface area contributed by atoms with Gasteiger partial charge in [-0.2, -0.15) is 0 Å². The Kier molecular flexibility index (Phi) is 2.93. The van der Waals surface area contributed by atoms with Crippen molar-refractivity contribution >= 4 is 16.8 Å². The maximum absolute atomic E-state index is 3.49. The van der Waals surface area contributed by atoms with Gasteiger partial charge in [0.05, 0.1) is 0 Å². The standard InChI is InChI=1S/C16H17N/c1-2-9-16-13(5-1)6-3-7-14(16)8-4-12-17-15-10-11-15/h1-9,15,17H,10-12H2. The third-order valence-corrected chi connectivity index (χ3v) is 3.22. The Labute approximate surface area is 102 Å². The van der Waals surface area contributed by atoms with Crippen LogP contribution in [0.5, 0.6) is 0 Å². The minimum atomic E-state index is 0.784. The zero-order valence-corrected chi connectivity index (χ0v) is 9.89. The molecule has 1 nitrogen and oxygen atoms in total. The van der Waals surface area contributed by atoms with Gasteiger partial charge in [0, 0.05) is 12.6 Å². The quantitative estimate of drug-likeness (QED) is 0.835. The van der Waals surface area contributed by atoms with Crippen molar-refractivity contribution in [1.29, 1.82) is 0 Å². The molecule has 2 aromatic carbocycles. The number of hydrogen-bond donors (Lipinski definition) is 1. The lowest BCUT2D eigenvalue weighted by atomic mass is 10.0. The second-order valence-electron chi connectivity index (χ2n) is 4.65. The fraction of sp³-hybridized carbons (Fsp3) is 0.250. The molecule has 1 aliphatic carbocycles. The van der Waals surface area contributed by atoms with Gasteiger partial charge in [0.1, 0.15) is 0 Å². The molecule has 0 saturated heterocycles. The number of rotatable bonds is 4. The zero-order chi connectivity index (χ0) is 11.5. The fourth-order valence-electron chi connectivity index (χ4n) is 2.10. The molecule has 0 unspecified atom stereocenters. The van der Waals surface area contributed by atoms with E-state index in [-0.39, 0.29) is 0 Å². The van der Waals surface area contributed by atoms with Gasteiger partial charge in [0.2, 0.25) is 0 Å². The van der Waals surface area contributed by atoms with Gasteiger partial charge in [-0.25, -0.2) is 0 Å². The van der Waals surface area contributed by atoms with Crippen molar-refractivity contribution in [3.8, 4) is 0 Å². The van der Waals surface area contributed by atoms with E-state index in [1.54, 1.807) is 0 Å². The van der Waals surface area contributed by atoms with Crippen LogP contribution in [-0.4, -0.2) is 12.6 Å². The van der Waals surface area contributed by atoms with Crippen molar-refractivity contribution in [2.75, 3.05) is 6.54 Å². The van der Waals surface area contributed by atoms with Gasteiger partial charge in [-0.1, -0.05) is 54.6 Å². The normalized spacial score (nSPS) is 15.8. The molecule has 0 spiro atoms. The maximum atomic E-state index is 3.49. The van der Waals surface area contributed by atoms with E-state index >= 15 is 0 Å². The van der Waals surface area contributed by atoms with Crippen molar-refractivity contribution in [2.24, 2.45) is 0 Å². The smallest absolute Gasteiger partial charge is 0.0140 e. The van der Waals surface area contributed by atoms with Crippen LogP contribution in [-0.2, 0) is 0 Å². The number of benzene rings is 2. The highest BCUT2D eigenvalue weighted by Crippen LogP contribution is 2.20. The summed E-state index contributed by atoms with van der Waals surface area (Å²) in [6, 6.07) is 15.8. The lowest BCUT2D eigenvalue weighted by Gasteiger charge is -2.02. The van der Waals surface area contributed by atoms with Crippen molar-refractivity contribution in [3.63, 3.8) is 0 Å². The summed E-state index contributed by atoms with van der Waals surface area (Å²) in [6.07, 6.45) is 7.14. The first kappa shape index (κ1) is 10.5. The lowest BCUT2D eigenvalue weighted by molar-refractivity contribution is 0.754. The Morgan fingerprint density at radius 3 is 2.76 bits per heavy atom. The zero-order valence-electron chi connectivity index (χ0n) is 9.89. The average molecular weight is 223 g/mol. The van der Waals surface area contributed by atoms with Gasteiger partial charge in [0.15, 0.2) is 0 Å². The summed E-state index contributed by atoms with van der Waals surface area (Å²) in [6.45, 7) is 0.980. The summed E-state index contributed by atoms with van der Waals surface area (Å²) in [5.41, 5.74) is 1.31. The number of fused-ring (bicyclic) bond motifs is 1. The molecule has 0 radical (unpaired) electrons. The molecule has 1 fully saturated rings. The SMILES string of the molecule is C(=Cc1cccc2ccccc12)CNC1CC1. The summed E-state index contributed by atoms with van der Waals surface area (Å²) in [5.74, 6) is 0. The van der Waals surface area contributed by atoms with Crippen LogP contribution in [0.2, 0.25) is 0 Å². The first-order valence-corrected chi connectivity index (χ1v) is 6.31. The minimum absolute atomic E-state index is 0.784. The molecule has 0 aliphatic heterocycles. The van der Waals surface area contributed by atoms with Crippen LogP contribution in [0.25, 0.3) is 16.8 Å². The predicted molar refractivity (Wildman–Crippen MR) is 74.0 cm³/mol. The highest BCUT2D eigenvalue weighted by molar-refractivity contribution is 5.90. The number of hydrogen-bond acceptors (Lipinski definition) is 1. The van der Waals surface area contributed by atoms with E-state index in [4.69, 9.17) is 0 Å². The van der Waals surface area contributed by atoms with Gasteiger partial charge in [-0.3, -0.25) is 0 Å². The van der Waals surface area contributed by atoms with Crippen LogP contribution >= 0.6 is 0 Å². The van der Waals surface area contributed by atoms with Crippen LogP contribution in [0.3, 0.4) is 0 Å². The maximum Gasteiger partial charge on any atom is 0.0140 e. The first-order valence-electron chi connectivity index (χ1n) is 6.31. The molecule has 3 rings (SSSR count). The molecule has 0 bridgehead atoms. The molecule has 1 aliphatic rings. The van der Waals surface area contributed by atoms with Gasteiger partial charge in [-0.15, -0.1) is 0 Å². The van der Waals surface area contributed by atoms with E-state index in [9.17, 15) is 0 Å². The molecule has 1 saturated carbocycles. The van der Waals surface area contributed by atoms with Gasteiger partial charge < -0.3 is 5.32 Å². The molecular weight excluding hydrogens is 206 g/mol. The lowest BCUT2D eigenvalue weighted by Crippen LogP contribution is -2.15.